The Bertz CT molecular complexity index is 855. The Morgan fingerprint density at radius 1 is 1.36 bits per heavy atom. The fourth-order valence-corrected chi connectivity index (χ4v) is 2.56. The lowest BCUT2D eigenvalue weighted by Gasteiger charge is -2.15. The Morgan fingerprint density at radius 3 is 2.93 bits per heavy atom. The van der Waals surface area contributed by atoms with Crippen LogP contribution in [-0.4, -0.2) is 67.6 Å². The molecular weight excluding hydrogens is 360 g/mol. The van der Waals surface area contributed by atoms with Gasteiger partial charge in [-0.15, -0.1) is 0 Å². The first-order chi connectivity index (χ1) is 13.5. The van der Waals surface area contributed by atoms with Crippen LogP contribution in [0.15, 0.2) is 35.4 Å². The maximum absolute atomic E-state index is 11.5. The number of ether oxygens (including phenoxy) is 2. The van der Waals surface area contributed by atoms with Gasteiger partial charge in [0, 0.05) is 20.2 Å². The molecule has 9 nitrogen and oxygen atoms in total. The molecule has 3 rings (SSSR count). The molecule has 28 heavy (non-hydrogen) atoms. The molecule has 1 saturated heterocycles. The second-order valence-electron chi connectivity index (χ2n) is 6.52. The van der Waals surface area contributed by atoms with Gasteiger partial charge in [0.25, 0.3) is 0 Å². The number of aromatic nitrogens is 2. The van der Waals surface area contributed by atoms with Crippen molar-refractivity contribution in [2.75, 3.05) is 50.7 Å². The molecule has 148 valence electrons. The monoisotopic (exact) mass is 384 g/mol. The van der Waals surface area contributed by atoms with Crippen LogP contribution in [0.4, 0.5) is 16.4 Å². The van der Waals surface area contributed by atoms with Gasteiger partial charge in [-0.2, -0.15) is 15.1 Å². The van der Waals surface area contributed by atoms with E-state index < -0.39 is 0 Å². The smallest absolute Gasteiger partial charge is 0.410 e. The van der Waals surface area contributed by atoms with E-state index in [1.165, 1.54) is 5.56 Å². The van der Waals surface area contributed by atoms with Crippen molar-refractivity contribution in [2.45, 2.75) is 6.92 Å². The van der Waals surface area contributed by atoms with Crippen molar-refractivity contribution >= 4 is 23.9 Å². The summed E-state index contributed by atoms with van der Waals surface area (Å²) in [6, 6.07) is 10.0. The average Bonchev–Trinajstić information content (AvgIpc) is 3.07. The normalized spacial score (nSPS) is 13.7. The first-order valence-electron chi connectivity index (χ1n) is 8.98. The standard InChI is InChI=1S/C19H24N6O3/c1-14-5-4-6-15(11-14)13-20-23-16-12-17(24(2)3)22-18(21-16)27-9-7-25-8-10-28-19(25)26/h4-6,11-13H,7-10H2,1-3H3,(H,21,22,23). The number of nitrogens with zero attached hydrogens (tertiary/aromatic N) is 5. The van der Waals surface area contributed by atoms with Gasteiger partial charge in [-0.1, -0.05) is 29.8 Å². The zero-order chi connectivity index (χ0) is 19.9. The van der Waals surface area contributed by atoms with E-state index in [0.717, 1.165) is 5.56 Å². The van der Waals surface area contributed by atoms with Crippen LogP contribution < -0.4 is 15.1 Å². The van der Waals surface area contributed by atoms with Crippen molar-refractivity contribution in [1.29, 1.82) is 0 Å². The van der Waals surface area contributed by atoms with Crippen LogP contribution in [0.5, 0.6) is 6.01 Å². The molecule has 1 aliphatic heterocycles. The number of rotatable bonds is 8. The summed E-state index contributed by atoms with van der Waals surface area (Å²) in [7, 11) is 3.76. The Labute approximate surface area is 164 Å². The van der Waals surface area contributed by atoms with E-state index in [1.807, 2.05) is 50.2 Å². The third-order valence-corrected chi connectivity index (χ3v) is 4.02. The molecule has 1 aromatic heterocycles. The van der Waals surface area contributed by atoms with Gasteiger partial charge >= 0.3 is 12.1 Å². The molecule has 1 aromatic carbocycles. The molecular formula is C19H24N6O3. The number of cyclic esters (lactones) is 1. The maximum Gasteiger partial charge on any atom is 0.410 e. The quantitative estimate of drug-likeness (QED) is 0.550. The van der Waals surface area contributed by atoms with E-state index >= 15 is 0 Å². The highest BCUT2D eigenvalue weighted by Crippen LogP contribution is 2.18. The first-order valence-corrected chi connectivity index (χ1v) is 8.98. The number of carbonyl (C=O) groups excluding carboxylic acids is 1. The van der Waals surface area contributed by atoms with Gasteiger partial charge in [-0.05, 0) is 12.5 Å². The van der Waals surface area contributed by atoms with Crippen molar-refractivity contribution in [2.24, 2.45) is 5.10 Å². The molecule has 0 saturated carbocycles. The summed E-state index contributed by atoms with van der Waals surface area (Å²) < 4.78 is 10.5. The fourth-order valence-electron chi connectivity index (χ4n) is 2.56. The van der Waals surface area contributed by atoms with Gasteiger partial charge in [0.1, 0.15) is 19.0 Å². The summed E-state index contributed by atoms with van der Waals surface area (Å²) in [5.74, 6) is 1.19. The molecule has 2 aromatic rings. The summed E-state index contributed by atoms with van der Waals surface area (Å²) in [5.41, 5.74) is 5.07. The first kappa shape index (κ1) is 19.4. The summed E-state index contributed by atoms with van der Waals surface area (Å²) in [4.78, 5) is 23.6. The van der Waals surface area contributed by atoms with Gasteiger partial charge in [-0.3, -0.25) is 5.43 Å². The Hall–Kier alpha value is -3.36. The molecule has 0 bridgehead atoms. The fraction of sp³-hybridized carbons (Fsp3) is 0.368. The third kappa shape index (κ3) is 5.32. The van der Waals surface area contributed by atoms with Crippen LogP contribution in [-0.2, 0) is 4.74 Å². The van der Waals surface area contributed by atoms with E-state index in [4.69, 9.17) is 9.47 Å². The SMILES string of the molecule is Cc1cccc(C=NNc2cc(N(C)C)nc(OCCN3CCOC3=O)n2)c1. The van der Waals surface area contributed by atoms with Gasteiger partial charge in [0.15, 0.2) is 5.82 Å². The van der Waals surface area contributed by atoms with Gasteiger partial charge in [0.05, 0.1) is 19.3 Å². The third-order valence-electron chi connectivity index (χ3n) is 4.02. The molecule has 2 heterocycles. The summed E-state index contributed by atoms with van der Waals surface area (Å²) >= 11 is 0. The minimum Gasteiger partial charge on any atom is -0.461 e. The molecule has 1 aliphatic rings. The van der Waals surface area contributed by atoms with Crippen molar-refractivity contribution in [3.8, 4) is 6.01 Å². The predicted molar refractivity (Wildman–Crippen MR) is 107 cm³/mol. The number of hydrogen-bond acceptors (Lipinski definition) is 8. The van der Waals surface area contributed by atoms with E-state index in [1.54, 1.807) is 17.2 Å². The highest BCUT2D eigenvalue weighted by molar-refractivity contribution is 5.80. The lowest BCUT2D eigenvalue weighted by atomic mass is 10.2. The van der Waals surface area contributed by atoms with Crippen LogP contribution in [0.1, 0.15) is 11.1 Å². The van der Waals surface area contributed by atoms with E-state index in [2.05, 4.69) is 20.5 Å². The van der Waals surface area contributed by atoms with Crippen molar-refractivity contribution in [3.05, 3.63) is 41.5 Å². The number of carbonyl (C=O) groups is 1. The predicted octanol–water partition coefficient (Wildman–Crippen LogP) is 2.13. The number of nitrogens with one attached hydrogen (secondary N) is 1. The van der Waals surface area contributed by atoms with Gasteiger partial charge in [0.2, 0.25) is 0 Å². The lowest BCUT2D eigenvalue weighted by molar-refractivity contribution is 0.152. The van der Waals surface area contributed by atoms with Crippen LogP contribution in [0, 0.1) is 6.92 Å². The molecule has 1 N–H and O–H groups in total. The number of hydrazone groups is 1. The molecule has 1 amide bonds. The summed E-state index contributed by atoms with van der Waals surface area (Å²) in [6.45, 7) is 3.71. The van der Waals surface area contributed by atoms with Crippen molar-refractivity contribution in [1.82, 2.24) is 14.9 Å². The number of anilines is 2. The Kier molecular flexibility index (Phi) is 6.25. The maximum atomic E-state index is 11.5. The second-order valence-corrected chi connectivity index (χ2v) is 6.52. The molecule has 0 radical (unpaired) electrons. The average molecular weight is 384 g/mol. The number of aryl methyl sites for hydroxylation is 1. The Morgan fingerprint density at radius 2 is 2.21 bits per heavy atom. The minimum atomic E-state index is -0.320. The van der Waals surface area contributed by atoms with Crippen molar-refractivity contribution in [3.63, 3.8) is 0 Å². The van der Waals surface area contributed by atoms with E-state index in [-0.39, 0.29) is 18.7 Å². The molecule has 0 unspecified atom stereocenters. The summed E-state index contributed by atoms with van der Waals surface area (Å²) in [6.07, 6.45) is 1.41. The summed E-state index contributed by atoms with van der Waals surface area (Å²) in [5, 5.41) is 4.24. The highest BCUT2D eigenvalue weighted by Gasteiger charge is 2.21. The topological polar surface area (TPSA) is 92.2 Å². The van der Waals surface area contributed by atoms with Gasteiger partial charge < -0.3 is 19.3 Å². The number of benzene rings is 1. The molecule has 0 atom stereocenters. The van der Waals surface area contributed by atoms with Crippen LogP contribution >= 0.6 is 0 Å². The zero-order valence-electron chi connectivity index (χ0n) is 16.3. The zero-order valence-corrected chi connectivity index (χ0v) is 16.3. The largest absolute Gasteiger partial charge is 0.461 e. The molecule has 0 spiro atoms. The minimum absolute atomic E-state index is 0.215. The molecule has 9 heteroatoms. The van der Waals surface area contributed by atoms with E-state index in [9.17, 15) is 4.79 Å². The van der Waals surface area contributed by atoms with E-state index in [0.29, 0.717) is 31.3 Å². The highest BCUT2D eigenvalue weighted by atomic mass is 16.6. The molecule has 0 aliphatic carbocycles. The lowest BCUT2D eigenvalue weighted by Crippen LogP contribution is -2.29. The Balaban J connectivity index is 1.64. The van der Waals surface area contributed by atoms with Crippen LogP contribution in [0.3, 0.4) is 0 Å². The second kappa shape index (κ2) is 9.03. The van der Waals surface area contributed by atoms with Gasteiger partial charge in [-0.25, -0.2) is 4.79 Å². The number of hydrogen-bond donors (Lipinski definition) is 1. The van der Waals surface area contributed by atoms with Crippen LogP contribution in [0.25, 0.3) is 0 Å². The number of amides is 1. The van der Waals surface area contributed by atoms with Crippen LogP contribution in [0.2, 0.25) is 0 Å². The van der Waals surface area contributed by atoms with Crippen molar-refractivity contribution < 1.29 is 14.3 Å². The molecule has 1 fully saturated rings.